The minimum absolute atomic E-state index is 0.769. The minimum Gasteiger partial charge on any atom is -0.380 e. The highest BCUT2D eigenvalue weighted by Crippen LogP contribution is 2.25. The monoisotopic (exact) mass is 349 g/mol. The summed E-state index contributed by atoms with van der Waals surface area (Å²) in [4.78, 5) is 2.22. The summed E-state index contributed by atoms with van der Waals surface area (Å²) in [5.41, 5.74) is 2.54. The maximum atomic E-state index is 5.36. The molecule has 0 heterocycles. The lowest BCUT2D eigenvalue weighted by Gasteiger charge is -2.22. The Labute approximate surface area is 114 Å². The number of halogens is 2. The molecule has 0 fully saturated rings. The Hall–Kier alpha value is -0.0600. The molecular weight excluding hydrogens is 334 g/mol. The first-order chi connectivity index (χ1) is 7.69. The number of nitrogens with zero attached hydrogens (tertiary/aromatic N) is 1. The van der Waals surface area contributed by atoms with E-state index in [0.29, 0.717) is 0 Å². The van der Waals surface area contributed by atoms with Crippen LogP contribution in [0.5, 0.6) is 0 Å². The molecule has 0 spiro atoms. The van der Waals surface area contributed by atoms with E-state index in [-0.39, 0.29) is 0 Å². The molecular formula is C12H17Br2NO. The predicted octanol–water partition coefficient (Wildman–Crippen LogP) is 3.82. The lowest BCUT2D eigenvalue weighted by molar-refractivity contribution is 0.154. The average molecular weight is 351 g/mol. The minimum atomic E-state index is 0.769. The summed E-state index contributed by atoms with van der Waals surface area (Å²) in [6, 6.07) is 6.34. The third-order valence-electron chi connectivity index (χ3n) is 2.37. The number of benzene rings is 1. The Balaban J connectivity index is 2.70. The molecule has 1 rings (SSSR count). The van der Waals surface area contributed by atoms with Gasteiger partial charge in [-0.2, -0.15) is 0 Å². The van der Waals surface area contributed by atoms with Crippen molar-refractivity contribution in [3.8, 4) is 0 Å². The topological polar surface area (TPSA) is 12.5 Å². The van der Waals surface area contributed by atoms with Gasteiger partial charge in [-0.05, 0) is 30.7 Å². The summed E-state index contributed by atoms with van der Waals surface area (Å²) < 4.78 is 6.47. The van der Waals surface area contributed by atoms with Crippen LogP contribution >= 0.6 is 31.9 Å². The molecule has 0 bridgehead atoms. The highest BCUT2D eigenvalue weighted by atomic mass is 79.9. The zero-order valence-corrected chi connectivity index (χ0v) is 12.8. The Bertz CT molecular complexity index is 331. The molecule has 0 amide bonds. The van der Waals surface area contributed by atoms with Crippen molar-refractivity contribution in [2.24, 2.45) is 0 Å². The molecule has 0 aliphatic rings. The lowest BCUT2D eigenvalue weighted by Crippen LogP contribution is -2.23. The molecule has 0 aromatic heterocycles. The van der Waals surface area contributed by atoms with Gasteiger partial charge in [-0.15, -0.1) is 0 Å². The Morgan fingerprint density at radius 3 is 2.75 bits per heavy atom. The van der Waals surface area contributed by atoms with Crippen molar-refractivity contribution >= 4 is 37.5 Å². The Kier molecular flexibility index (Phi) is 6.39. The number of rotatable bonds is 6. The van der Waals surface area contributed by atoms with Crippen molar-refractivity contribution in [2.45, 2.75) is 12.3 Å². The van der Waals surface area contributed by atoms with Crippen LogP contribution < -0.4 is 4.90 Å². The summed E-state index contributed by atoms with van der Waals surface area (Å²) in [5, 5.41) is 0.862. The van der Waals surface area contributed by atoms with E-state index in [0.717, 1.165) is 29.6 Å². The number of hydrogen-bond acceptors (Lipinski definition) is 2. The highest BCUT2D eigenvalue weighted by molar-refractivity contribution is 9.10. The van der Waals surface area contributed by atoms with E-state index in [4.69, 9.17) is 4.74 Å². The van der Waals surface area contributed by atoms with Gasteiger partial charge in [-0.25, -0.2) is 0 Å². The molecule has 0 atom stereocenters. The average Bonchev–Trinajstić information content (AvgIpc) is 2.29. The molecule has 4 heteroatoms. The van der Waals surface area contributed by atoms with E-state index in [1.165, 1.54) is 11.3 Å². The van der Waals surface area contributed by atoms with Crippen LogP contribution in [0.1, 0.15) is 12.5 Å². The van der Waals surface area contributed by atoms with Crippen molar-refractivity contribution in [3.63, 3.8) is 0 Å². The van der Waals surface area contributed by atoms with Gasteiger partial charge in [-0.1, -0.05) is 31.9 Å². The van der Waals surface area contributed by atoms with Crippen molar-refractivity contribution in [2.75, 3.05) is 31.7 Å². The second-order valence-electron chi connectivity index (χ2n) is 3.53. The molecule has 90 valence electrons. The second kappa shape index (κ2) is 7.30. The zero-order valence-electron chi connectivity index (χ0n) is 9.67. The second-order valence-corrected chi connectivity index (χ2v) is 5.00. The van der Waals surface area contributed by atoms with Crippen molar-refractivity contribution in [3.05, 3.63) is 28.2 Å². The van der Waals surface area contributed by atoms with Gasteiger partial charge in [-0.3, -0.25) is 0 Å². The quantitative estimate of drug-likeness (QED) is 0.571. The molecule has 0 unspecified atom stereocenters. The third-order valence-corrected chi connectivity index (χ3v) is 3.47. The summed E-state index contributed by atoms with van der Waals surface area (Å²) in [5.74, 6) is 0. The summed E-state index contributed by atoms with van der Waals surface area (Å²) >= 11 is 7.00. The molecule has 16 heavy (non-hydrogen) atoms. The summed E-state index contributed by atoms with van der Waals surface area (Å²) in [6.07, 6.45) is 0. The largest absolute Gasteiger partial charge is 0.380 e. The van der Waals surface area contributed by atoms with Crippen LogP contribution in [0.2, 0.25) is 0 Å². The summed E-state index contributed by atoms with van der Waals surface area (Å²) in [7, 11) is 2.09. The first kappa shape index (κ1) is 14.0. The van der Waals surface area contributed by atoms with Crippen LogP contribution in [-0.4, -0.2) is 26.8 Å². The van der Waals surface area contributed by atoms with E-state index >= 15 is 0 Å². The van der Waals surface area contributed by atoms with Gasteiger partial charge in [0.05, 0.1) is 6.61 Å². The number of hydrogen-bond donors (Lipinski definition) is 0. The van der Waals surface area contributed by atoms with Crippen molar-refractivity contribution in [1.29, 1.82) is 0 Å². The molecule has 0 aliphatic heterocycles. The molecule has 0 radical (unpaired) electrons. The van der Waals surface area contributed by atoms with Crippen molar-refractivity contribution in [1.82, 2.24) is 0 Å². The van der Waals surface area contributed by atoms with Gasteiger partial charge >= 0.3 is 0 Å². The molecule has 0 aliphatic carbocycles. The fourth-order valence-corrected chi connectivity index (χ4v) is 2.36. The van der Waals surface area contributed by atoms with Gasteiger partial charge in [0.2, 0.25) is 0 Å². The van der Waals surface area contributed by atoms with Crippen LogP contribution in [0.15, 0.2) is 22.7 Å². The van der Waals surface area contributed by atoms with E-state index in [9.17, 15) is 0 Å². The normalized spacial score (nSPS) is 10.5. The first-order valence-electron chi connectivity index (χ1n) is 5.32. The Morgan fingerprint density at radius 2 is 2.12 bits per heavy atom. The zero-order chi connectivity index (χ0) is 12.0. The molecule has 0 N–H and O–H groups in total. The van der Waals surface area contributed by atoms with E-state index in [1.807, 2.05) is 6.92 Å². The summed E-state index contributed by atoms with van der Waals surface area (Å²) in [6.45, 7) is 4.48. The maximum absolute atomic E-state index is 5.36. The van der Waals surface area contributed by atoms with Gasteiger partial charge in [0, 0.05) is 35.7 Å². The number of anilines is 1. The Morgan fingerprint density at radius 1 is 1.38 bits per heavy atom. The highest BCUT2D eigenvalue weighted by Gasteiger charge is 2.06. The number of likely N-dealkylation sites (N-methyl/N-ethyl adjacent to an activating group) is 1. The smallest absolute Gasteiger partial charge is 0.0641 e. The van der Waals surface area contributed by atoms with Crippen molar-refractivity contribution < 1.29 is 4.74 Å². The van der Waals surface area contributed by atoms with Gasteiger partial charge < -0.3 is 9.64 Å². The fourth-order valence-electron chi connectivity index (χ4n) is 1.50. The molecule has 1 aromatic carbocycles. The standard InChI is InChI=1S/C12H17Br2NO/c1-3-16-7-6-15(2)12-5-4-11(14)8-10(12)9-13/h4-5,8H,3,6-7,9H2,1-2H3. The van der Waals surface area contributed by atoms with Crippen LogP contribution in [0.3, 0.4) is 0 Å². The molecule has 2 nitrogen and oxygen atoms in total. The van der Waals surface area contributed by atoms with Crippen LogP contribution in [0, 0.1) is 0 Å². The third kappa shape index (κ3) is 4.07. The SMILES string of the molecule is CCOCCN(C)c1ccc(Br)cc1CBr. The first-order valence-corrected chi connectivity index (χ1v) is 7.23. The van der Waals surface area contributed by atoms with Crippen LogP contribution in [0.25, 0.3) is 0 Å². The predicted molar refractivity (Wildman–Crippen MR) is 76.5 cm³/mol. The molecule has 1 aromatic rings. The fraction of sp³-hybridized carbons (Fsp3) is 0.500. The molecule has 0 saturated carbocycles. The van der Waals surface area contributed by atoms with E-state index < -0.39 is 0 Å². The maximum Gasteiger partial charge on any atom is 0.0641 e. The van der Waals surface area contributed by atoms with Crippen LogP contribution in [-0.2, 0) is 10.1 Å². The van der Waals surface area contributed by atoms with E-state index in [2.05, 4.69) is 62.0 Å². The van der Waals surface area contributed by atoms with Gasteiger partial charge in [0.15, 0.2) is 0 Å². The van der Waals surface area contributed by atoms with E-state index in [1.54, 1.807) is 0 Å². The lowest BCUT2D eigenvalue weighted by atomic mass is 10.2. The van der Waals surface area contributed by atoms with Crippen LogP contribution in [0.4, 0.5) is 5.69 Å². The number of ether oxygens (including phenoxy) is 1. The van der Waals surface area contributed by atoms with Gasteiger partial charge in [0.1, 0.15) is 0 Å². The molecule has 0 saturated heterocycles. The van der Waals surface area contributed by atoms with Gasteiger partial charge in [0.25, 0.3) is 0 Å². The number of alkyl halides is 1.